The van der Waals surface area contributed by atoms with E-state index in [4.69, 9.17) is 18.3 Å². The molecular weight excluding hydrogens is 388 g/mol. The summed E-state index contributed by atoms with van der Waals surface area (Å²) in [6.45, 7) is 3.47. The van der Waals surface area contributed by atoms with Gasteiger partial charge in [-0.1, -0.05) is 29.8 Å². The Morgan fingerprint density at radius 1 is 0.900 bits per heavy atom. The fourth-order valence-electron chi connectivity index (χ4n) is 3.18. The monoisotopic (exact) mass is 406 g/mol. The molecule has 0 fully saturated rings. The number of carbonyl (C=O) groups is 2. The Labute approximate surface area is 170 Å². The SMILES string of the molecule is CCOC(=O)c1oc2ccccc2c1COC(=O)c1cc(=O)c2cc(C)ccc2o1. The zero-order chi connectivity index (χ0) is 21.3. The number of rotatable bonds is 5. The summed E-state index contributed by atoms with van der Waals surface area (Å²) in [5.41, 5.74) is 1.72. The second-order valence-electron chi connectivity index (χ2n) is 6.68. The van der Waals surface area contributed by atoms with Crippen molar-refractivity contribution in [1.82, 2.24) is 0 Å². The molecule has 4 rings (SSSR count). The average molecular weight is 406 g/mol. The van der Waals surface area contributed by atoms with Gasteiger partial charge in [-0.2, -0.15) is 0 Å². The molecule has 0 spiro atoms. The molecule has 2 heterocycles. The van der Waals surface area contributed by atoms with Crippen molar-refractivity contribution >= 4 is 33.9 Å². The number of hydrogen-bond acceptors (Lipinski definition) is 7. The Morgan fingerprint density at radius 3 is 2.47 bits per heavy atom. The van der Waals surface area contributed by atoms with Crippen LogP contribution in [0.1, 0.15) is 39.2 Å². The number of para-hydroxylation sites is 1. The number of carbonyl (C=O) groups excluding carboxylic acids is 2. The Balaban J connectivity index is 1.64. The molecule has 0 saturated carbocycles. The maximum absolute atomic E-state index is 12.5. The van der Waals surface area contributed by atoms with Gasteiger partial charge < -0.3 is 18.3 Å². The van der Waals surface area contributed by atoms with Gasteiger partial charge in [0, 0.05) is 11.5 Å². The summed E-state index contributed by atoms with van der Waals surface area (Å²) in [4.78, 5) is 37.1. The summed E-state index contributed by atoms with van der Waals surface area (Å²) >= 11 is 0. The number of aryl methyl sites for hydroxylation is 1. The van der Waals surface area contributed by atoms with Gasteiger partial charge in [-0.25, -0.2) is 9.59 Å². The van der Waals surface area contributed by atoms with Crippen LogP contribution in [0.25, 0.3) is 21.9 Å². The van der Waals surface area contributed by atoms with Crippen LogP contribution >= 0.6 is 0 Å². The first-order valence-electron chi connectivity index (χ1n) is 9.37. The van der Waals surface area contributed by atoms with Crippen molar-refractivity contribution in [3.8, 4) is 0 Å². The topological polar surface area (TPSA) is 96.0 Å². The van der Waals surface area contributed by atoms with E-state index >= 15 is 0 Å². The number of esters is 2. The molecule has 4 aromatic rings. The minimum absolute atomic E-state index is 0.0266. The molecule has 2 aromatic heterocycles. The predicted molar refractivity (Wildman–Crippen MR) is 109 cm³/mol. The van der Waals surface area contributed by atoms with Crippen LogP contribution < -0.4 is 5.43 Å². The molecule has 0 atom stereocenters. The van der Waals surface area contributed by atoms with Gasteiger partial charge >= 0.3 is 11.9 Å². The molecule has 30 heavy (non-hydrogen) atoms. The first-order chi connectivity index (χ1) is 14.5. The summed E-state index contributed by atoms with van der Waals surface area (Å²) in [5.74, 6) is -1.72. The molecule has 0 aliphatic heterocycles. The quantitative estimate of drug-likeness (QED) is 0.454. The molecule has 0 N–H and O–H groups in total. The standard InChI is InChI=1S/C23H18O7/c1-3-27-23(26)21-16(14-6-4-5-7-18(14)30-21)12-28-22(25)20-11-17(24)15-10-13(2)8-9-19(15)29-20/h4-11H,3,12H2,1-2H3. The Kier molecular flexibility index (Phi) is 5.10. The maximum Gasteiger partial charge on any atom is 0.374 e. The van der Waals surface area contributed by atoms with E-state index in [9.17, 15) is 14.4 Å². The van der Waals surface area contributed by atoms with Crippen LogP contribution in [0, 0.1) is 6.92 Å². The highest BCUT2D eigenvalue weighted by atomic mass is 16.6. The molecule has 0 amide bonds. The van der Waals surface area contributed by atoms with E-state index < -0.39 is 11.9 Å². The van der Waals surface area contributed by atoms with Gasteiger partial charge in [0.15, 0.2) is 5.43 Å². The van der Waals surface area contributed by atoms with Crippen LogP contribution in [-0.2, 0) is 16.1 Å². The molecule has 7 heteroatoms. The summed E-state index contributed by atoms with van der Waals surface area (Å²) in [5, 5.41) is 1.01. The molecule has 0 aliphatic rings. The minimum atomic E-state index is -0.824. The van der Waals surface area contributed by atoms with Gasteiger partial charge in [-0.05, 0) is 32.0 Å². The van der Waals surface area contributed by atoms with Crippen molar-refractivity contribution < 1.29 is 27.9 Å². The highest BCUT2D eigenvalue weighted by Crippen LogP contribution is 2.27. The lowest BCUT2D eigenvalue weighted by atomic mass is 10.1. The molecule has 152 valence electrons. The number of hydrogen-bond donors (Lipinski definition) is 0. The number of furan rings is 1. The molecule has 0 saturated heterocycles. The van der Waals surface area contributed by atoms with Crippen LogP contribution in [-0.4, -0.2) is 18.5 Å². The normalized spacial score (nSPS) is 11.0. The smallest absolute Gasteiger partial charge is 0.374 e. The third kappa shape index (κ3) is 3.57. The molecule has 0 radical (unpaired) electrons. The van der Waals surface area contributed by atoms with Gasteiger partial charge in [0.25, 0.3) is 0 Å². The second kappa shape index (κ2) is 7.87. The second-order valence-corrected chi connectivity index (χ2v) is 6.68. The predicted octanol–water partition coefficient (Wildman–Crippen LogP) is 4.38. The Hall–Kier alpha value is -3.87. The van der Waals surface area contributed by atoms with E-state index in [0.717, 1.165) is 11.6 Å². The largest absolute Gasteiger partial charge is 0.460 e. The van der Waals surface area contributed by atoms with Crippen molar-refractivity contribution in [3.63, 3.8) is 0 Å². The van der Waals surface area contributed by atoms with Gasteiger partial charge in [0.05, 0.1) is 17.6 Å². The molecular formula is C23H18O7. The Morgan fingerprint density at radius 2 is 1.67 bits per heavy atom. The van der Waals surface area contributed by atoms with E-state index in [0.29, 0.717) is 27.5 Å². The van der Waals surface area contributed by atoms with E-state index in [1.165, 1.54) is 0 Å². The van der Waals surface area contributed by atoms with Gasteiger partial charge in [0.2, 0.25) is 11.5 Å². The van der Waals surface area contributed by atoms with Crippen LogP contribution in [0.3, 0.4) is 0 Å². The number of ether oxygens (including phenoxy) is 2. The summed E-state index contributed by atoms with van der Waals surface area (Å²) in [7, 11) is 0. The van der Waals surface area contributed by atoms with E-state index in [-0.39, 0.29) is 30.2 Å². The summed E-state index contributed by atoms with van der Waals surface area (Å²) in [6, 6.07) is 13.2. The fraction of sp³-hybridized carbons (Fsp3) is 0.174. The molecule has 0 bridgehead atoms. The first kappa shape index (κ1) is 19.4. The van der Waals surface area contributed by atoms with Crippen LogP contribution in [0.15, 0.2) is 62.2 Å². The lowest BCUT2D eigenvalue weighted by Crippen LogP contribution is -2.12. The van der Waals surface area contributed by atoms with E-state index in [1.54, 1.807) is 49.4 Å². The van der Waals surface area contributed by atoms with Crippen LogP contribution in [0.4, 0.5) is 0 Å². The van der Waals surface area contributed by atoms with Crippen molar-refractivity contribution in [2.24, 2.45) is 0 Å². The van der Waals surface area contributed by atoms with Crippen molar-refractivity contribution in [1.29, 1.82) is 0 Å². The highest BCUT2D eigenvalue weighted by molar-refractivity contribution is 5.96. The fourth-order valence-corrected chi connectivity index (χ4v) is 3.18. The van der Waals surface area contributed by atoms with Gasteiger partial charge in [-0.15, -0.1) is 0 Å². The molecule has 0 aliphatic carbocycles. The lowest BCUT2D eigenvalue weighted by Gasteiger charge is -2.06. The van der Waals surface area contributed by atoms with Crippen molar-refractivity contribution in [3.05, 3.63) is 81.4 Å². The van der Waals surface area contributed by atoms with E-state index in [2.05, 4.69) is 0 Å². The average Bonchev–Trinajstić information content (AvgIpc) is 3.11. The third-order valence-corrected chi connectivity index (χ3v) is 4.59. The van der Waals surface area contributed by atoms with Crippen LogP contribution in [0.5, 0.6) is 0 Å². The molecule has 7 nitrogen and oxygen atoms in total. The molecule has 0 unspecified atom stereocenters. The van der Waals surface area contributed by atoms with Gasteiger partial charge in [0.1, 0.15) is 17.8 Å². The summed E-state index contributed by atoms with van der Waals surface area (Å²) < 4.78 is 21.5. The maximum atomic E-state index is 12.5. The highest BCUT2D eigenvalue weighted by Gasteiger charge is 2.23. The third-order valence-electron chi connectivity index (χ3n) is 4.59. The zero-order valence-corrected chi connectivity index (χ0v) is 16.4. The Bertz CT molecular complexity index is 1330. The van der Waals surface area contributed by atoms with E-state index in [1.807, 2.05) is 6.92 Å². The number of benzene rings is 2. The van der Waals surface area contributed by atoms with Crippen LogP contribution in [0.2, 0.25) is 0 Å². The van der Waals surface area contributed by atoms with Crippen molar-refractivity contribution in [2.75, 3.05) is 6.61 Å². The first-order valence-corrected chi connectivity index (χ1v) is 9.37. The summed E-state index contributed by atoms with van der Waals surface area (Å²) in [6.07, 6.45) is 0. The lowest BCUT2D eigenvalue weighted by molar-refractivity contribution is 0.0411. The van der Waals surface area contributed by atoms with Gasteiger partial charge in [-0.3, -0.25) is 4.79 Å². The van der Waals surface area contributed by atoms with Crippen molar-refractivity contribution in [2.45, 2.75) is 20.5 Å². The minimum Gasteiger partial charge on any atom is -0.460 e. The zero-order valence-electron chi connectivity index (χ0n) is 16.4. The molecule has 2 aromatic carbocycles. The number of fused-ring (bicyclic) bond motifs is 2.